The second-order valence-electron chi connectivity index (χ2n) is 9.92. The van der Waals surface area contributed by atoms with Crippen molar-refractivity contribution >= 4 is 10.9 Å². The molecule has 3 aromatic heterocycles. The summed E-state index contributed by atoms with van der Waals surface area (Å²) < 4.78 is 7.38. The fourth-order valence-electron chi connectivity index (χ4n) is 5.78. The minimum absolute atomic E-state index is 0.449. The molecule has 3 aliphatic rings. The van der Waals surface area contributed by atoms with Crippen LogP contribution in [0.3, 0.4) is 0 Å². The van der Waals surface area contributed by atoms with E-state index in [0.29, 0.717) is 11.3 Å². The van der Waals surface area contributed by atoms with Crippen LogP contribution in [0.25, 0.3) is 33.3 Å². The van der Waals surface area contributed by atoms with Crippen LogP contribution >= 0.6 is 0 Å². The van der Waals surface area contributed by atoms with Crippen LogP contribution in [0.4, 0.5) is 0 Å². The average Bonchev–Trinajstić information content (AvgIpc) is 3.32. The van der Waals surface area contributed by atoms with Crippen molar-refractivity contribution in [3.05, 3.63) is 54.5 Å². The number of benzene rings is 1. The van der Waals surface area contributed by atoms with E-state index < -0.39 is 0 Å². The largest absolute Gasteiger partial charge is 0.480 e. The molecular formula is C27H29N5O. The Morgan fingerprint density at radius 3 is 2.61 bits per heavy atom. The number of nitrogens with zero attached hydrogens (tertiary/aromatic N) is 5. The fraction of sp³-hybridized carbons (Fsp3) is 0.407. The van der Waals surface area contributed by atoms with Crippen LogP contribution in [0.1, 0.15) is 44.2 Å². The molecule has 33 heavy (non-hydrogen) atoms. The Bertz CT molecular complexity index is 1310. The summed E-state index contributed by atoms with van der Waals surface area (Å²) in [6, 6.07) is 12.3. The molecule has 0 unspecified atom stereocenters. The minimum Gasteiger partial charge on any atom is -0.480 e. The lowest BCUT2D eigenvalue weighted by molar-refractivity contribution is 0.0449. The average molecular weight is 440 g/mol. The maximum absolute atomic E-state index is 5.21. The van der Waals surface area contributed by atoms with Gasteiger partial charge in [0.05, 0.1) is 24.5 Å². The van der Waals surface area contributed by atoms with Gasteiger partial charge in [0, 0.05) is 46.6 Å². The maximum Gasteiger partial charge on any atom is 0.233 e. The molecule has 3 heterocycles. The van der Waals surface area contributed by atoms with E-state index in [4.69, 9.17) is 14.8 Å². The van der Waals surface area contributed by atoms with Crippen LogP contribution in [0.15, 0.2) is 48.8 Å². The van der Waals surface area contributed by atoms with Crippen LogP contribution in [0.5, 0.6) is 5.88 Å². The van der Waals surface area contributed by atoms with Gasteiger partial charge >= 0.3 is 0 Å². The lowest BCUT2D eigenvalue weighted by Crippen LogP contribution is -2.37. The first-order valence-corrected chi connectivity index (χ1v) is 11.9. The molecule has 0 spiro atoms. The van der Waals surface area contributed by atoms with Gasteiger partial charge in [-0.3, -0.25) is 9.67 Å². The third-order valence-electron chi connectivity index (χ3n) is 7.77. The van der Waals surface area contributed by atoms with Crippen molar-refractivity contribution in [2.24, 2.45) is 11.3 Å². The number of hydrogen-bond donors (Lipinski definition) is 0. The summed E-state index contributed by atoms with van der Waals surface area (Å²) in [5.41, 5.74) is 6.44. The smallest absolute Gasteiger partial charge is 0.233 e. The molecule has 3 aliphatic carbocycles. The van der Waals surface area contributed by atoms with Crippen molar-refractivity contribution in [2.75, 3.05) is 7.11 Å². The second kappa shape index (κ2) is 7.94. The molecule has 0 N–H and O–H groups in total. The molecule has 6 nitrogen and oxygen atoms in total. The fourth-order valence-corrected chi connectivity index (χ4v) is 5.78. The summed E-state index contributed by atoms with van der Waals surface area (Å²) in [6.45, 7) is 3.06. The number of pyridine rings is 1. The van der Waals surface area contributed by atoms with Crippen LogP contribution in [0, 0.1) is 18.3 Å². The highest BCUT2D eigenvalue weighted by atomic mass is 16.5. The molecule has 7 rings (SSSR count). The molecule has 0 atom stereocenters. The molecule has 0 amide bonds. The normalized spacial score (nSPS) is 22.1. The van der Waals surface area contributed by atoms with Gasteiger partial charge in [0.15, 0.2) is 0 Å². The van der Waals surface area contributed by atoms with Crippen molar-refractivity contribution in [3.8, 4) is 28.3 Å². The highest BCUT2D eigenvalue weighted by molar-refractivity contribution is 5.88. The first-order valence-electron chi connectivity index (χ1n) is 11.9. The zero-order chi connectivity index (χ0) is 22.4. The summed E-state index contributed by atoms with van der Waals surface area (Å²) in [4.78, 5) is 4.91. The number of ether oxygens (including phenoxy) is 1. The van der Waals surface area contributed by atoms with Gasteiger partial charge in [0.2, 0.25) is 5.88 Å². The number of aromatic nitrogens is 5. The topological polar surface area (TPSA) is 65.7 Å². The number of rotatable bonds is 5. The van der Waals surface area contributed by atoms with Crippen molar-refractivity contribution in [3.63, 3.8) is 0 Å². The standard InChI is InChI=1S/C27H29N5O/c1-18-3-6-23(22-15-28-32(16-22)17-27-10-7-19(8-11-27)9-12-27)26(29-18)21-5-4-20-14-25(33-2)31-30-24(20)13-21/h3-6,13-16,19H,7-12,17H2,1-2H3. The van der Waals surface area contributed by atoms with Crippen LogP contribution in [-0.2, 0) is 6.54 Å². The Kier molecular flexibility index (Phi) is 4.89. The number of methoxy groups -OCH3 is 1. The van der Waals surface area contributed by atoms with E-state index in [-0.39, 0.29) is 0 Å². The predicted molar refractivity (Wildman–Crippen MR) is 129 cm³/mol. The summed E-state index contributed by atoms with van der Waals surface area (Å²) in [6.07, 6.45) is 12.5. The van der Waals surface area contributed by atoms with E-state index in [2.05, 4.69) is 51.4 Å². The minimum atomic E-state index is 0.449. The summed E-state index contributed by atoms with van der Waals surface area (Å²) in [7, 11) is 1.60. The van der Waals surface area contributed by atoms with E-state index in [0.717, 1.165) is 51.4 Å². The van der Waals surface area contributed by atoms with Crippen LogP contribution < -0.4 is 4.74 Å². The lowest BCUT2D eigenvalue weighted by Gasteiger charge is -2.46. The third-order valence-corrected chi connectivity index (χ3v) is 7.77. The quantitative estimate of drug-likeness (QED) is 0.391. The molecule has 6 heteroatoms. The molecule has 3 fully saturated rings. The van der Waals surface area contributed by atoms with Gasteiger partial charge in [-0.1, -0.05) is 18.2 Å². The molecule has 0 saturated heterocycles. The molecule has 0 aliphatic heterocycles. The van der Waals surface area contributed by atoms with Gasteiger partial charge in [-0.15, -0.1) is 10.2 Å². The molecule has 4 aromatic rings. The van der Waals surface area contributed by atoms with Crippen molar-refractivity contribution < 1.29 is 4.74 Å². The Labute approximate surface area is 194 Å². The number of aryl methyl sites for hydroxylation is 1. The summed E-state index contributed by atoms with van der Waals surface area (Å²) >= 11 is 0. The Hall–Kier alpha value is -3.28. The van der Waals surface area contributed by atoms with E-state index >= 15 is 0 Å². The zero-order valence-corrected chi connectivity index (χ0v) is 19.3. The van der Waals surface area contributed by atoms with Crippen LogP contribution in [-0.4, -0.2) is 32.1 Å². The van der Waals surface area contributed by atoms with Crippen molar-refractivity contribution in [1.29, 1.82) is 0 Å². The summed E-state index contributed by atoms with van der Waals surface area (Å²) in [5, 5.41) is 14.2. The maximum atomic E-state index is 5.21. The van der Waals surface area contributed by atoms with E-state index in [1.165, 1.54) is 38.5 Å². The molecular weight excluding hydrogens is 410 g/mol. The molecule has 1 aromatic carbocycles. The van der Waals surface area contributed by atoms with Gasteiger partial charge in [0.25, 0.3) is 0 Å². The van der Waals surface area contributed by atoms with Crippen molar-refractivity contribution in [2.45, 2.75) is 52.0 Å². The number of fused-ring (bicyclic) bond motifs is 4. The van der Waals surface area contributed by atoms with Gasteiger partial charge in [-0.25, -0.2) is 0 Å². The van der Waals surface area contributed by atoms with E-state index in [1.807, 2.05) is 19.2 Å². The lowest BCUT2D eigenvalue weighted by atomic mass is 9.61. The molecule has 168 valence electrons. The van der Waals surface area contributed by atoms with Crippen LogP contribution in [0.2, 0.25) is 0 Å². The highest BCUT2D eigenvalue weighted by Crippen LogP contribution is 2.51. The molecule has 0 radical (unpaired) electrons. The zero-order valence-electron chi connectivity index (χ0n) is 19.3. The van der Waals surface area contributed by atoms with E-state index in [1.54, 1.807) is 7.11 Å². The van der Waals surface area contributed by atoms with Crippen molar-refractivity contribution in [1.82, 2.24) is 25.0 Å². The van der Waals surface area contributed by atoms with Gasteiger partial charge in [-0.2, -0.15) is 5.10 Å². The van der Waals surface area contributed by atoms with Gasteiger partial charge in [0.1, 0.15) is 0 Å². The monoisotopic (exact) mass is 439 g/mol. The third kappa shape index (κ3) is 3.77. The van der Waals surface area contributed by atoms with E-state index in [9.17, 15) is 0 Å². The molecule has 2 bridgehead atoms. The second-order valence-corrected chi connectivity index (χ2v) is 9.92. The van der Waals surface area contributed by atoms with Gasteiger partial charge < -0.3 is 4.74 Å². The first-order chi connectivity index (χ1) is 16.1. The predicted octanol–water partition coefficient (Wildman–Crippen LogP) is 5.84. The Morgan fingerprint density at radius 1 is 1.00 bits per heavy atom. The Balaban J connectivity index is 1.35. The molecule has 3 saturated carbocycles. The Morgan fingerprint density at radius 2 is 1.82 bits per heavy atom. The number of hydrogen-bond acceptors (Lipinski definition) is 5. The van der Waals surface area contributed by atoms with Gasteiger partial charge in [-0.05, 0) is 68.9 Å². The SMILES string of the molecule is COc1cc2ccc(-c3nc(C)ccc3-c3cnn(CC45CCC(CC4)CC5)c3)cc2nn1. The summed E-state index contributed by atoms with van der Waals surface area (Å²) in [5.74, 6) is 1.50. The highest BCUT2D eigenvalue weighted by Gasteiger charge is 2.40. The first kappa shape index (κ1) is 20.3.